The molecule has 1 unspecified atom stereocenters. The van der Waals surface area contributed by atoms with Crippen molar-refractivity contribution >= 4 is 36.6 Å². The van der Waals surface area contributed by atoms with E-state index >= 15 is 0 Å². The summed E-state index contributed by atoms with van der Waals surface area (Å²) in [4.78, 5) is 25.3. The molecule has 0 aliphatic rings. The molecule has 9 nitrogen and oxygen atoms in total. The second kappa shape index (κ2) is 9.99. The molecule has 0 spiro atoms. The Kier molecular flexibility index (Phi) is 7.88. The molecule has 0 saturated carbocycles. The van der Waals surface area contributed by atoms with Crippen LogP contribution in [0.2, 0.25) is 5.02 Å². The molecule has 2 rings (SSSR count). The van der Waals surface area contributed by atoms with Gasteiger partial charge in [-0.3, -0.25) is 10.1 Å². The number of methoxy groups -OCH3 is 1. The van der Waals surface area contributed by atoms with Crippen molar-refractivity contribution in [2.24, 2.45) is 0 Å². The summed E-state index contributed by atoms with van der Waals surface area (Å²) in [5, 5.41) is 10.5. The number of carbonyl (C=O) groups is 1. The Balaban J connectivity index is 2.46. The number of benzene rings is 1. The minimum atomic E-state index is -4.67. The largest absolute Gasteiger partial charge is 0.556 e. The first-order chi connectivity index (χ1) is 14.5. The zero-order chi connectivity index (χ0) is 23.3. The summed E-state index contributed by atoms with van der Waals surface area (Å²) in [5.74, 6) is -1.33. The molecule has 14 heteroatoms. The maximum atomic E-state index is 12.8. The van der Waals surface area contributed by atoms with E-state index in [1.165, 1.54) is 0 Å². The summed E-state index contributed by atoms with van der Waals surface area (Å²) in [6.45, 7) is 0.919. The molecular weight excluding hydrogens is 468 g/mol. The Morgan fingerprint density at radius 1 is 1.32 bits per heavy atom. The summed E-state index contributed by atoms with van der Waals surface area (Å²) >= 11 is 5.84. The normalized spacial score (nSPS) is 11.7. The highest BCUT2D eigenvalue weighted by Gasteiger charge is 2.37. The number of pyridine rings is 1. The Bertz CT molecular complexity index is 1030. The smallest absolute Gasteiger partial charge is 0.467 e. The third-order valence-electron chi connectivity index (χ3n) is 3.80. The van der Waals surface area contributed by atoms with Crippen molar-refractivity contribution in [1.82, 2.24) is 4.98 Å². The molecule has 2 aromatic rings. The maximum Gasteiger partial charge on any atom is 0.556 e. The second-order valence-corrected chi connectivity index (χ2v) is 7.44. The van der Waals surface area contributed by atoms with E-state index in [9.17, 15) is 32.6 Å². The molecule has 0 N–H and O–H groups in total. The van der Waals surface area contributed by atoms with Gasteiger partial charge in [0.15, 0.2) is 6.61 Å². The van der Waals surface area contributed by atoms with Crippen molar-refractivity contribution in [1.29, 1.82) is 0 Å². The average Bonchev–Trinajstić information content (AvgIpc) is 2.71. The maximum absolute atomic E-state index is 12.8. The quantitative estimate of drug-likeness (QED) is 0.233. The number of alkyl halides is 3. The van der Waals surface area contributed by atoms with Crippen LogP contribution in [-0.2, 0) is 31.2 Å². The third-order valence-corrected chi connectivity index (χ3v) is 5.19. The average molecular weight is 482 g/mol. The van der Waals surface area contributed by atoms with Gasteiger partial charge in [0.2, 0.25) is 5.88 Å². The molecule has 1 aromatic carbocycles. The van der Waals surface area contributed by atoms with Crippen molar-refractivity contribution in [2.75, 3.05) is 13.7 Å². The van der Waals surface area contributed by atoms with Gasteiger partial charge in [0.25, 0.3) is 0 Å². The van der Waals surface area contributed by atoms with Gasteiger partial charge in [0.05, 0.1) is 17.6 Å². The molecule has 0 amide bonds. The lowest BCUT2D eigenvalue weighted by atomic mass is 10.1. The molecule has 0 bridgehead atoms. The zero-order valence-corrected chi connectivity index (χ0v) is 17.6. The number of nitrogens with zero attached hydrogens (tertiary/aromatic N) is 2. The van der Waals surface area contributed by atoms with Crippen LogP contribution in [0.1, 0.15) is 18.1 Å². The fourth-order valence-corrected chi connectivity index (χ4v) is 3.39. The molecule has 0 aliphatic carbocycles. The fraction of sp³-hybridized carbons (Fsp3) is 0.294. The van der Waals surface area contributed by atoms with Crippen LogP contribution in [0.5, 0.6) is 11.6 Å². The molecule has 1 aromatic heterocycles. The number of hydrogen-bond donors (Lipinski definition) is 0. The lowest BCUT2D eigenvalue weighted by Crippen LogP contribution is -2.12. The van der Waals surface area contributed by atoms with E-state index in [0.29, 0.717) is 12.3 Å². The van der Waals surface area contributed by atoms with E-state index in [1.54, 1.807) is 6.92 Å². The van der Waals surface area contributed by atoms with Crippen molar-refractivity contribution in [3.63, 3.8) is 0 Å². The first-order valence-electron chi connectivity index (χ1n) is 8.36. The Morgan fingerprint density at radius 2 is 2.00 bits per heavy atom. The Labute approximate surface area is 179 Å². The van der Waals surface area contributed by atoms with E-state index in [1.807, 2.05) is 0 Å². The van der Waals surface area contributed by atoms with Gasteiger partial charge in [-0.15, -0.1) is 4.52 Å². The van der Waals surface area contributed by atoms with Crippen LogP contribution in [0.3, 0.4) is 0 Å². The van der Waals surface area contributed by atoms with Gasteiger partial charge < -0.3 is 9.47 Å². The van der Waals surface area contributed by atoms with Crippen LogP contribution in [-0.4, -0.2) is 29.6 Å². The number of ether oxygens (including phenoxy) is 2. The monoisotopic (exact) mass is 481 g/mol. The standard InChI is InChI=1S/C17H14ClF3N2O7P/c1-3-9-4-12(23(25)26)14(31(27)29-8-15(24)28-2)6-13(9)30-16-11(18)5-10(7-22-16)17(19,20)21/h4-7H,3,8H2,1-2H3/q+1. The van der Waals surface area contributed by atoms with Gasteiger partial charge >= 0.3 is 31.2 Å². The van der Waals surface area contributed by atoms with Crippen LogP contribution in [0.25, 0.3) is 0 Å². The van der Waals surface area contributed by atoms with Gasteiger partial charge in [-0.25, -0.2) is 9.78 Å². The van der Waals surface area contributed by atoms with Gasteiger partial charge in [-0.05, 0) is 17.1 Å². The van der Waals surface area contributed by atoms with Crippen LogP contribution in [0.15, 0.2) is 24.4 Å². The fourth-order valence-electron chi connectivity index (χ4n) is 2.26. The molecule has 0 saturated heterocycles. The number of aryl methyl sites for hydroxylation is 1. The minimum Gasteiger partial charge on any atom is -0.467 e. The Morgan fingerprint density at radius 3 is 2.52 bits per heavy atom. The first-order valence-corrected chi connectivity index (χ1v) is 9.92. The molecule has 1 heterocycles. The first kappa shape index (κ1) is 24.4. The number of nitro groups is 1. The summed E-state index contributed by atoms with van der Waals surface area (Å²) < 4.78 is 65.4. The molecule has 1 atom stereocenters. The van der Waals surface area contributed by atoms with Crippen molar-refractivity contribution < 1.29 is 41.5 Å². The summed E-state index contributed by atoms with van der Waals surface area (Å²) in [5.41, 5.74) is -1.38. The van der Waals surface area contributed by atoms with Crippen LogP contribution < -0.4 is 10.0 Å². The van der Waals surface area contributed by atoms with E-state index in [0.717, 1.165) is 19.2 Å². The van der Waals surface area contributed by atoms with E-state index in [-0.39, 0.29) is 17.7 Å². The molecule has 166 valence electrons. The highest BCUT2D eigenvalue weighted by Crippen LogP contribution is 2.38. The summed E-state index contributed by atoms with van der Waals surface area (Å²) in [6, 6.07) is 2.72. The topological polar surface area (TPSA) is 118 Å². The number of aromatic nitrogens is 1. The van der Waals surface area contributed by atoms with E-state index in [4.69, 9.17) is 20.9 Å². The number of hydrogen-bond acceptors (Lipinski definition) is 8. The third kappa shape index (κ3) is 6.09. The van der Waals surface area contributed by atoms with Crippen molar-refractivity contribution in [3.05, 3.63) is 50.7 Å². The van der Waals surface area contributed by atoms with Crippen molar-refractivity contribution in [2.45, 2.75) is 19.5 Å². The predicted octanol–water partition coefficient (Wildman–Crippen LogP) is 4.57. The molecule has 0 radical (unpaired) electrons. The van der Waals surface area contributed by atoms with Gasteiger partial charge in [0.1, 0.15) is 10.8 Å². The lowest BCUT2D eigenvalue weighted by molar-refractivity contribution is -0.383. The number of halogens is 4. The van der Waals surface area contributed by atoms with Crippen LogP contribution >= 0.6 is 19.6 Å². The Hall–Kier alpha value is -2.82. The summed E-state index contributed by atoms with van der Waals surface area (Å²) in [6.07, 6.45) is -3.94. The van der Waals surface area contributed by atoms with E-state index in [2.05, 4.69) is 9.72 Å². The zero-order valence-electron chi connectivity index (χ0n) is 15.9. The van der Waals surface area contributed by atoms with Gasteiger partial charge in [-0.1, -0.05) is 18.5 Å². The molecular formula is C17H14ClF3N2O7P+. The SMILES string of the molecule is CCc1cc([N+](=O)[O-])c([P+](=O)OCC(=O)OC)cc1Oc1ncc(C(F)(F)F)cc1Cl. The number of carbonyl (C=O) groups excluding carboxylic acids is 1. The molecule has 0 fully saturated rings. The number of rotatable bonds is 8. The predicted molar refractivity (Wildman–Crippen MR) is 102 cm³/mol. The van der Waals surface area contributed by atoms with Crippen LogP contribution in [0.4, 0.5) is 18.9 Å². The lowest BCUT2D eigenvalue weighted by Gasteiger charge is -2.12. The van der Waals surface area contributed by atoms with Crippen molar-refractivity contribution in [3.8, 4) is 11.6 Å². The summed E-state index contributed by atoms with van der Waals surface area (Å²) in [7, 11) is -1.80. The van der Waals surface area contributed by atoms with Gasteiger partial charge in [0, 0.05) is 23.9 Å². The molecule has 31 heavy (non-hydrogen) atoms. The van der Waals surface area contributed by atoms with Crippen LogP contribution in [0, 0.1) is 10.1 Å². The number of esters is 1. The number of nitro benzene ring substituents is 1. The highest BCUT2D eigenvalue weighted by molar-refractivity contribution is 7.48. The molecule has 0 aliphatic heterocycles. The minimum absolute atomic E-state index is 0.0812. The second-order valence-electron chi connectivity index (χ2n) is 5.78. The highest BCUT2D eigenvalue weighted by atomic mass is 35.5. The van der Waals surface area contributed by atoms with E-state index < -0.39 is 59.2 Å². The van der Waals surface area contributed by atoms with Gasteiger partial charge in [-0.2, -0.15) is 13.2 Å².